The molecule has 0 saturated carbocycles. The van der Waals surface area contributed by atoms with Crippen LogP contribution in [0.5, 0.6) is 5.75 Å². The molecule has 0 radical (unpaired) electrons. The molecule has 0 saturated heterocycles. The number of hydrogen-bond acceptors (Lipinski definition) is 4. The number of carboxylic acids is 1. The van der Waals surface area contributed by atoms with Crippen LogP contribution in [0.4, 0.5) is 0 Å². The molecule has 1 aromatic rings. The predicted molar refractivity (Wildman–Crippen MR) is 73.4 cm³/mol. The van der Waals surface area contributed by atoms with Crippen LogP contribution in [0.1, 0.15) is 26.3 Å². The van der Waals surface area contributed by atoms with Crippen molar-refractivity contribution in [3.05, 3.63) is 29.8 Å². The Morgan fingerprint density at radius 3 is 1.90 bits per heavy atom. The van der Waals surface area contributed by atoms with Crippen LogP contribution in [0.2, 0.25) is 0 Å². The van der Waals surface area contributed by atoms with Crippen LogP contribution in [0.25, 0.3) is 0 Å². The molecule has 0 unspecified atom stereocenters. The Kier molecular flexibility index (Phi) is 7.65. The predicted octanol–water partition coefficient (Wildman–Crippen LogP) is 1.12. The van der Waals surface area contributed by atoms with Crippen LogP contribution >= 0.6 is 0 Å². The molecule has 1 atom stereocenters. The number of phenolic OH excluding ortho intramolecular Hbond substituents is 1. The average molecular weight is 281 g/mol. The number of carboxylic acid groups (broad SMARTS) is 1. The van der Waals surface area contributed by atoms with Crippen molar-refractivity contribution in [3.8, 4) is 5.75 Å². The molecule has 0 spiro atoms. The first-order valence-corrected chi connectivity index (χ1v) is 5.97. The van der Waals surface area contributed by atoms with Gasteiger partial charge in [0.25, 0.3) is 0 Å². The summed E-state index contributed by atoms with van der Waals surface area (Å²) in [5, 5.41) is 20.3. The number of aliphatic carboxylic acids is 1. The molecule has 0 fully saturated rings. The van der Waals surface area contributed by atoms with Gasteiger partial charge in [-0.2, -0.15) is 0 Å². The number of carbonyl (C=O) groups excluding carboxylic acids is 2. The van der Waals surface area contributed by atoms with Gasteiger partial charge >= 0.3 is 5.97 Å². The van der Waals surface area contributed by atoms with Crippen molar-refractivity contribution in [1.29, 1.82) is 0 Å². The number of ketones is 1. The lowest BCUT2D eigenvalue weighted by Crippen LogP contribution is -2.41. The summed E-state index contributed by atoms with van der Waals surface area (Å²) in [6.45, 7) is 4.33. The van der Waals surface area contributed by atoms with Gasteiger partial charge in [0.2, 0.25) is 5.91 Å². The van der Waals surface area contributed by atoms with E-state index in [4.69, 9.17) is 10.2 Å². The molecule has 0 heterocycles. The van der Waals surface area contributed by atoms with E-state index in [1.165, 1.54) is 32.9 Å². The minimum absolute atomic E-state index is 0.121. The Morgan fingerprint density at radius 1 is 1.10 bits per heavy atom. The van der Waals surface area contributed by atoms with E-state index in [2.05, 4.69) is 5.32 Å². The Hall–Kier alpha value is -2.37. The summed E-state index contributed by atoms with van der Waals surface area (Å²) >= 11 is 0. The zero-order chi connectivity index (χ0) is 15.7. The number of amides is 1. The molecule has 110 valence electrons. The fourth-order valence-corrected chi connectivity index (χ4v) is 1.31. The quantitative estimate of drug-likeness (QED) is 0.767. The van der Waals surface area contributed by atoms with E-state index >= 15 is 0 Å². The van der Waals surface area contributed by atoms with Gasteiger partial charge in [-0.05, 0) is 31.5 Å². The van der Waals surface area contributed by atoms with E-state index in [1.807, 2.05) is 0 Å². The number of Topliss-reactive ketones (excluding diaryl/α,β-unsaturated/α-hetero) is 1. The smallest absolute Gasteiger partial charge is 0.326 e. The maximum Gasteiger partial charge on any atom is 0.326 e. The van der Waals surface area contributed by atoms with Crippen molar-refractivity contribution >= 4 is 17.7 Å². The van der Waals surface area contributed by atoms with E-state index in [1.54, 1.807) is 12.1 Å². The van der Waals surface area contributed by atoms with E-state index in [0.717, 1.165) is 5.56 Å². The molecule has 0 bridgehead atoms. The molecule has 0 aliphatic heterocycles. The molecule has 6 heteroatoms. The van der Waals surface area contributed by atoms with E-state index in [0.29, 0.717) is 0 Å². The molecular weight excluding hydrogens is 262 g/mol. The second-order valence-corrected chi connectivity index (χ2v) is 4.37. The standard InChI is InChI=1S/C11H13NO4.C3H6O/c1-7(13)12-10(11(15)16)6-8-2-4-9(14)5-3-8;1-3(2)4/h2-5,10,14H,6H2,1H3,(H,12,13)(H,15,16);1-2H3/t10-;/m0./s1. The van der Waals surface area contributed by atoms with Crippen molar-refractivity contribution in [2.45, 2.75) is 33.2 Å². The van der Waals surface area contributed by atoms with Crippen molar-refractivity contribution < 1.29 is 24.6 Å². The second kappa shape index (κ2) is 8.68. The lowest BCUT2D eigenvalue weighted by atomic mass is 10.1. The second-order valence-electron chi connectivity index (χ2n) is 4.37. The Labute approximate surface area is 117 Å². The molecule has 1 amide bonds. The third-order valence-electron chi connectivity index (χ3n) is 2.05. The van der Waals surface area contributed by atoms with Crippen LogP contribution in [-0.2, 0) is 20.8 Å². The fourth-order valence-electron chi connectivity index (χ4n) is 1.31. The molecule has 0 aromatic heterocycles. The first-order valence-electron chi connectivity index (χ1n) is 5.97. The van der Waals surface area contributed by atoms with Gasteiger partial charge in [-0.1, -0.05) is 12.1 Å². The molecule has 0 aliphatic carbocycles. The summed E-state index contributed by atoms with van der Waals surface area (Å²) < 4.78 is 0. The van der Waals surface area contributed by atoms with Crippen molar-refractivity contribution in [2.75, 3.05) is 0 Å². The topological polar surface area (TPSA) is 104 Å². The summed E-state index contributed by atoms with van der Waals surface area (Å²) in [4.78, 5) is 31.1. The van der Waals surface area contributed by atoms with Gasteiger partial charge in [0.1, 0.15) is 17.6 Å². The third kappa shape index (κ3) is 8.68. The van der Waals surface area contributed by atoms with Crippen molar-refractivity contribution in [3.63, 3.8) is 0 Å². The zero-order valence-corrected chi connectivity index (χ0v) is 11.7. The lowest BCUT2D eigenvalue weighted by Gasteiger charge is -2.13. The summed E-state index contributed by atoms with van der Waals surface area (Å²) in [5.41, 5.74) is 0.735. The zero-order valence-electron chi connectivity index (χ0n) is 11.7. The summed E-state index contributed by atoms with van der Waals surface area (Å²) in [6.07, 6.45) is 0.190. The Morgan fingerprint density at radius 2 is 1.55 bits per heavy atom. The number of phenols is 1. The molecule has 3 N–H and O–H groups in total. The molecule has 0 aliphatic rings. The number of aromatic hydroxyl groups is 1. The summed E-state index contributed by atoms with van der Waals surface area (Å²) in [5.74, 6) is -1.18. The molecule has 1 aromatic carbocycles. The maximum atomic E-state index is 10.8. The van der Waals surface area contributed by atoms with Crippen LogP contribution in [-0.4, -0.2) is 33.9 Å². The van der Waals surface area contributed by atoms with Crippen LogP contribution in [0.15, 0.2) is 24.3 Å². The van der Waals surface area contributed by atoms with E-state index in [-0.39, 0.29) is 23.9 Å². The average Bonchev–Trinajstić information content (AvgIpc) is 2.29. The summed E-state index contributed by atoms with van der Waals surface area (Å²) in [7, 11) is 0. The highest BCUT2D eigenvalue weighted by molar-refractivity contribution is 5.82. The maximum absolute atomic E-state index is 10.8. The normalized spacial score (nSPS) is 10.8. The van der Waals surface area contributed by atoms with E-state index in [9.17, 15) is 14.4 Å². The first-order chi connectivity index (χ1) is 9.22. The van der Waals surface area contributed by atoms with E-state index < -0.39 is 12.0 Å². The first kappa shape index (κ1) is 17.6. The van der Waals surface area contributed by atoms with Crippen LogP contribution < -0.4 is 5.32 Å². The van der Waals surface area contributed by atoms with Crippen LogP contribution in [0, 0.1) is 0 Å². The Balaban J connectivity index is 0.000000796. The number of rotatable bonds is 4. The van der Waals surface area contributed by atoms with Gasteiger partial charge in [-0.3, -0.25) is 4.79 Å². The Bertz CT molecular complexity index is 463. The number of nitrogens with one attached hydrogen (secondary N) is 1. The van der Waals surface area contributed by atoms with Gasteiger partial charge in [-0.25, -0.2) is 4.79 Å². The molecule has 6 nitrogen and oxygen atoms in total. The monoisotopic (exact) mass is 281 g/mol. The minimum Gasteiger partial charge on any atom is -0.508 e. The molecular formula is C14H19NO5. The van der Waals surface area contributed by atoms with Crippen molar-refractivity contribution in [1.82, 2.24) is 5.32 Å². The third-order valence-corrected chi connectivity index (χ3v) is 2.05. The van der Waals surface area contributed by atoms with Crippen molar-refractivity contribution in [2.24, 2.45) is 0 Å². The van der Waals surface area contributed by atoms with Gasteiger partial charge in [0.15, 0.2) is 0 Å². The number of benzene rings is 1. The number of carbonyl (C=O) groups is 3. The number of hydrogen-bond donors (Lipinski definition) is 3. The molecule has 20 heavy (non-hydrogen) atoms. The van der Waals surface area contributed by atoms with Crippen LogP contribution in [0.3, 0.4) is 0 Å². The lowest BCUT2D eigenvalue weighted by molar-refractivity contribution is -0.141. The van der Waals surface area contributed by atoms with Gasteiger partial charge in [-0.15, -0.1) is 0 Å². The largest absolute Gasteiger partial charge is 0.508 e. The fraction of sp³-hybridized carbons (Fsp3) is 0.357. The summed E-state index contributed by atoms with van der Waals surface area (Å²) in [6, 6.07) is 5.24. The highest BCUT2D eigenvalue weighted by Crippen LogP contribution is 2.11. The SMILES string of the molecule is CC(=O)N[C@@H](Cc1ccc(O)cc1)C(=O)O.CC(C)=O. The highest BCUT2D eigenvalue weighted by Gasteiger charge is 2.18. The van der Waals surface area contributed by atoms with Gasteiger partial charge < -0.3 is 20.3 Å². The van der Waals surface area contributed by atoms with Gasteiger partial charge in [0.05, 0.1) is 0 Å². The molecule has 1 rings (SSSR count). The highest BCUT2D eigenvalue weighted by atomic mass is 16.4. The minimum atomic E-state index is -1.08. The van der Waals surface area contributed by atoms with Gasteiger partial charge in [0, 0.05) is 13.3 Å².